The van der Waals surface area contributed by atoms with Crippen LogP contribution in [0.25, 0.3) is 0 Å². The quantitative estimate of drug-likeness (QED) is 0.571. The third-order valence-corrected chi connectivity index (χ3v) is 2.64. The van der Waals surface area contributed by atoms with Crippen molar-refractivity contribution in [1.29, 1.82) is 0 Å². The van der Waals surface area contributed by atoms with Gasteiger partial charge in [-0.2, -0.15) is 0 Å². The number of aldehydes is 1. The predicted molar refractivity (Wildman–Crippen MR) is 67.5 cm³/mol. The van der Waals surface area contributed by atoms with Crippen molar-refractivity contribution < 1.29 is 19.1 Å². The Bertz CT molecular complexity index is 285. The molecule has 1 atom stereocenters. The van der Waals surface area contributed by atoms with Crippen LogP contribution in [0.15, 0.2) is 0 Å². The van der Waals surface area contributed by atoms with Crippen LogP contribution in [-0.4, -0.2) is 48.7 Å². The maximum atomic E-state index is 11.9. The molecular weight excluding hydrogens is 234 g/mol. The first-order valence-electron chi connectivity index (χ1n) is 6.45. The minimum absolute atomic E-state index is 0.0196. The van der Waals surface area contributed by atoms with Crippen LogP contribution in [0.5, 0.6) is 0 Å². The number of morpholine rings is 1. The SMILES string of the molecule is CC(C)(C)OC(=O)N1CCOC(CCCC=O)C1. The Hall–Kier alpha value is -1.10. The molecule has 104 valence electrons. The van der Waals surface area contributed by atoms with Crippen molar-refractivity contribution >= 4 is 12.4 Å². The number of hydrogen-bond acceptors (Lipinski definition) is 4. The third kappa shape index (κ3) is 5.49. The molecule has 1 unspecified atom stereocenters. The van der Waals surface area contributed by atoms with Crippen molar-refractivity contribution in [2.75, 3.05) is 19.7 Å². The number of carbonyl (C=O) groups excluding carboxylic acids is 2. The summed E-state index contributed by atoms with van der Waals surface area (Å²) in [6, 6.07) is 0. The van der Waals surface area contributed by atoms with E-state index in [4.69, 9.17) is 9.47 Å². The van der Waals surface area contributed by atoms with Gasteiger partial charge in [0.25, 0.3) is 0 Å². The van der Waals surface area contributed by atoms with Crippen molar-refractivity contribution in [2.45, 2.75) is 51.7 Å². The Balaban J connectivity index is 2.38. The molecule has 18 heavy (non-hydrogen) atoms. The molecule has 0 bridgehead atoms. The molecule has 0 aromatic rings. The molecule has 0 radical (unpaired) electrons. The van der Waals surface area contributed by atoms with E-state index in [-0.39, 0.29) is 12.2 Å². The maximum absolute atomic E-state index is 11.9. The summed E-state index contributed by atoms with van der Waals surface area (Å²) in [5.74, 6) is 0. The highest BCUT2D eigenvalue weighted by molar-refractivity contribution is 5.68. The lowest BCUT2D eigenvalue weighted by molar-refractivity contribution is -0.108. The number of amides is 1. The lowest BCUT2D eigenvalue weighted by Gasteiger charge is -2.34. The predicted octanol–water partition coefficient (Wildman–Crippen LogP) is 1.99. The molecular formula is C13H23NO4. The van der Waals surface area contributed by atoms with Gasteiger partial charge in [0.15, 0.2) is 0 Å². The van der Waals surface area contributed by atoms with Gasteiger partial charge in [-0.3, -0.25) is 0 Å². The highest BCUT2D eigenvalue weighted by Crippen LogP contribution is 2.15. The van der Waals surface area contributed by atoms with Crippen molar-refractivity contribution in [3.63, 3.8) is 0 Å². The lowest BCUT2D eigenvalue weighted by Crippen LogP contribution is -2.47. The number of carbonyl (C=O) groups is 2. The van der Waals surface area contributed by atoms with Crippen LogP contribution < -0.4 is 0 Å². The molecule has 1 rings (SSSR count). The number of nitrogens with zero attached hydrogens (tertiary/aromatic N) is 1. The van der Waals surface area contributed by atoms with Gasteiger partial charge >= 0.3 is 6.09 Å². The van der Waals surface area contributed by atoms with Gasteiger partial charge in [-0.15, -0.1) is 0 Å². The molecule has 0 aromatic carbocycles. The van der Waals surface area contributed by atoms with Crippen molar-refractivity contribution in [1.82, 2.24) is 4.90 Å². The summed E-state index contributed by atoms with van der Waals surface area (Å²) in [6.45, 7) is 7.21. The number of unbranched alkanes of at least 4 members (excludes halogenated alkanes) is 1. The molecule has 0 N–H and O–H groups in total. The molecule has 0 spiro atoms. The summed E-state index contributed by atoms with van der Waals surface area (Å²) in [5.41, 5.74) is -0.470. The first-order valence-corrected chi connectivity index (χ1v) is 6.45. The normalized spacial score (nSPS) is 20.6. The van der Waals surface area contributed by atoms with Crippen LogP contribution in [0.2, 0.25) is 0 Å². The van der Waals surface area contributed by atoms with Crippen LogP contribution in [0.3, 0.4) is 0 Å². The monoisotopic (exact) mass is 257 g/mol. The Morgan fingerprint density at radius 3 is 2.83 bits per heavy atom. The zero-order chi connectivity index (χ0) is 13.6. The molecule has 0 aliphatic carbocycles. The highest BCUT2D eigenvalue weighted by Gasteiger charge is 2.27. The average molecular weight is 257 g/mol. The molecule has 1 fully saturated rings. The van der Waals surface area contributed by atoms with Crippen molar-refractivity contribution in [3.8, 4) is 0 Å². The largest absolute Gasteiger partial charge is 0.444 e. The van der Waals surface area contributed by atoms with Crippen LogP contribution in [-0.2, 0) is 14.3 Å². The topological polar surface area (TPSA) is 55.8 Å². The van der Waals surface area contributed by atoms with Gasteiger partial charge in [0.1, 0.15) is 11.9 Å². The zero-order valence-corrected chi connectivity index (χ0v) is 11.5. The van der Waals surface area contributed by atoms with Crippen LogP contribution in [0.4, 0.5) is 4.79 Å². The molecule has 5 nitrogen and oxygen atoms in total. The molecule has 0 saturated carbocycles. The van der Waals surface area contributed by atoms with E-state index in [1.165, 1.54) is 0 Å². The van der Waals surface area contributed by atoms with E-state index in [1.54, 1.807) is 4.90 Å². The fourth-order valence-corrected chi connectivity index (χ4v) is 1.82. The number of hydrogen-bond donors (Lipinski definition) is 0. The lowest BCUT2D eigenvalue weighted by atomic mass is 10.1. The summed E-state index contributed by atoms with van der Waals surface area (Å²) >= 11 is 0. The van der Waals surface area contributed by atoms with Gasteiger partial charge in [0.05, 0.1) is 19.3 Å². The van der Waals surface area contributed by atoms with Crippen molar-refractivity contribution in [2.24, 2.45) is 0 Å². The average Bonchev–Trinajstić information content (AvgIpc) is 2.27. The van der Waals surface area contributed by atoms with Gasteiger partial charge < -0.3 is 19.2 Å². The minimum Gasteiger partial charge on any atom is -0.444 e. The molecule has 1 amide bonds. The summed E-state index contributed by atoms with van der Waals surface area (Å²) in [7, 11) is 0. The minimum atomic E-state index is -0.470. The molecule has 1 heterocycles. The van der Waals surface area contributed by atoms with E-state index >= 15 is 0 Å². The fraction of sp³-hybridized carbons (Fsp3) is 0.846. The second-order valence-electron chi connectivity index (χ2n) is 5.52. The molecule has 1 aliphatic rings. The fourth-order valence-electron chi connectivity index (χ4n) is 1.82. The zero-order valence-electron chi connectivity index (χ0n) is 11.5. The Morgan fingerprint density at radius 2 is 2.22 bits per heavy atom. The van der Waals surface area contributed by atoms with E-state index in [0.29, 0.717) is 26.1 Å². The van der Waals surface area contributed by atoms with Crippen LogP contribution in [0, 0.1) is 0 Å². The van der Waals surface area contributed by atoms with E-state index in [9.17, 15) is 9.59 Å². The van der Waals surface area contributed by atoms with Gasteiger partial charge in [-0.05, 0) is 33.6 Å². The van der Waals surface area contributed by atoms with E-state index < -0.39 is 5.60 Å². The van der Waals surface area contributed by atoms with Gasteiger partial charge in [-0.1, -0.05) is 0 Å². The summed E-state index contributed by atoms with van der Waals surface area (Å²) < 4.78 is 10.9. The number of rotatable bonds is 4. The number of ether oxygens (including phenoxy) is 2. The summed E-state index contributed by atoms with van der Waals surface area (Å²) in [6.07, 6.45) is 2.80. The molecule has 0 aromatic heterocycles. The molecule has 5 heteroatoms. The van der Waals surface area contributed by atoms with E-state index in [0.717, 1.165) is 19.1 Å². The molecule has 1 aliphatic heterocycles. The standard InChI is InChI=1S/C13H23NO4/c1-13(2,3)18-12(16)14-7-9-17-11(10-14)6-4-5-8-15/h8,11H,4-7,9-10H2,1-3H3. The van der Waals surface area contributed by atoms with Gasteiger partial charge in [0, 0.05) is 13.0 Å². The molecule has 1 saturated heterocycles. The smallest absolute Gasteiger partial charge is 0.410 e. The first-order chi connectivity index (χ1) is 8.42. The van der Waals surface area contributed by atoms with E-state index in [1.807, 2.05) is 20.8 Å². The second-order valence-corrected chi connectivity index (χ2v) is 5.52. The van der Waals surface area contributed by atoms with Gasteiger partial charge in [0.2, 0.25) is 0 Å². The van der Waals surface area contributed by atoms with Crippen molar-refractivity contribution in [3.05, 3.63) is 0 Å². The Morgan fingerprint density at radius 1 is 1.50 bits per heavy atom. The maximum Gasteiger partial charge on any atom is 0.410 e. The van der Waals surface area contributed by atoms with Gasteiger partial charge in [-0.25, -0.2) is 4.79 Å². The summed E-state index contributed by atoms with van der Waals surface area (Å²) in [5, 5.41) is 0. The van der Waals surface area contributed by atoms with Crippen LogP contribution >= 0.6 is 0 Å². The summed E-state index contributed by atoms with van der Waals surface area (Å²) in [4.78, 5) is 23.8. The van der Waals surface area contributed by atoms with Crippen LogP contribution in [0.1, 0.15) is 40.0 Å². The van der Waals surface area contributed by atoms with E-state index in [2.05, 4.69) is 0 Å². The Labute approximate surface area is 108 Å². The highest BCUT2D eigenvalue weighted by atomic mass is 16.6. The second kappa shape index (κ2) is 6.73. The Kier molecular flexibility index (Phi) is 5.59. The third-order valence-electron chi connectivity index (χ3n) is 2.64. The first kappa shape index (κ1) is 15.0.